The Morgan fingerprint density at radius 3 is 2.50 bits per heavy atom. The van der Waals surface area contributed by atoms with E-state index >= 15 is 0 Å². The number of anilines is 2. The lowest BCUT2D eigenvalue weighted by atomic mass is 10.0. The van der Waals surface area contributed by atoms with Crippen LogP contribution in [0.3, 0.4) is 0 Å². The predicted octanol–water partition coefficient (Wildman–Crippen LogP) is 4.61. The number of hydrogen-bond acceptors (Lipinski definition) is 3. The maximum absolute atomic E-state index is 12.4. The average Bonchev–Trinajstić information content (AvgIpc) is 3.13. The lowest BCUT2D eigenvalue weighted by Crippen LogP contribution is -2.23. The van der Waals surface area contributed by atoms with Crippen LogP contribution in [0.5, 0.6) is 5.75 Å². The van der Waals surface area contributed by atoms with Gasteiger partial charge in [0.25, 0.3) is 5.91 Å². The summed E-state index contributed by atoms with van der Waals surface area (Å²) >= 11 is 6.28. The molecule has 148 valence electrons. The van der Waals surface area contributed by atoms with Crippen LogP contribution in [0.25, 0.3) is 0 Å². The molecule has 0 spiro atoms. The summed E-state index contributed by atoms with van der Waals surface area (Å²) in [6, 6.07) is 11.1. The van der Waals surface area contributed by atoms with Gasteiger partial charge in [-0.05, 0) is 60.7 Å². The lowest BCUT2D eigenvalue weighted by Gasteiger charge is -2.17. The van der Waals surface area contributed by atoms with Gasteiger partial charge in [0.1, 0.15) is 5.75 Å². The molecule has 0 radical (unpaired) electrons. The first-order chi connectivity index (χ1) is 13.5. The van der Waals surface area contributed by atoms with E-state index in [0.717, 1.165) is 48.3 Å². The summed E-state index contributed by atoms with van der Waals surface area (Å²) in [5.74, 6) is 0.501. The molecule has 1 aliphatic heterocycles. The molecule has 0 unspecified atom stereocenters. The van der Waals surface area contributed by atoms with E-state index in [4.69, 9.17) is 16.3 Å². The van der Waals surface area contributed by atoms with Crippen LogP contribution in [-0.4, -0.2) is 25.0 Å². The zero-order valence-electron chi connectivity index (χ0n) is 16.3. The van der Waals surface area contributed by atoms with E-state index in [0.29, 0.717) is 17.2 Å². The highest BCUT2D eigenvalue weighted by molar-refractivity contribution is 6.32. The number of aryl methyl sites for hydroxylation is 1. The molecule has 6 heteroatoms. The third-order valence-corrected chi connectivity index (χ3v) is 5.29. The van der Waals surface area contributed by atoms with Crippen LogP contribution in [0.2, 0.25) is 5.02 Å². The van der Waals surface area contributed by atoms with Crippen molar-refractivity contribution in [3.8, 4) is 5.75 Å². The highest BCUT2D eigenvalue weighted by Gasteiger charge is 2.21. The van der Waals surface area contributed by atoms with Crippen molar-refractivity contribution >= 4 is 34.8 Å². The molecule has 28 heavy (non-hydrogen) atoms. The largest absolute Gasteiger partial charge is 0.484 e. The van der Waals surface area contributed by atoms with E-state index < -0.39 is 0 Å². The van der Waals surface area contributed by atoms with Crippen LogP contribution >= 0.6 is 11.6 Å². The second-order valence-electron chi connectivity index (χ2n) is 6.75. The number of nitrogens with zero attached hydrogens (tertiary/aromatic N) is 1. The maximum atomic E-state index is 12.4. The van der Waals surface area contributed by atoms with Gasteiger partial charge in [0.05, 0.1) is 0 Å². The second kappa shape index (κ2) is 9.11. The number of halogens is 1. The Kier molecular flexibility index (Phi) is 6.57. The maximum Gasteiger partial charge on any atom is 0.262 e. The summed E-state index contributed by atoms with van der Waals surface area (Å²) in [5.41, 5.74) is 3.63. The van der Waals surface area contributed by atoms with Crippen LogP contribution in [0.1, 0.15) is 37.8 Å². The fourth-order valence-corrected chi connectivity index (χ4v) is 3.73. The molecule has 2 aromatic rings. The molecule has 1 heterocycles. The summed E-state index contributed by atoms with van der Waals surface area (Å²) in [7, 11) is 0. The number of carbonyl (C=O) groups excluding carboxylic acids is 2. The Bertz CT molecular complexity index is 865. The number of benzene rings is 2. The van der Waals surface area contributed by atoms with Crippen LogP contribution < -0.4 is 15.0 Å². The van der Waals surface area contributed by atoms with Crippen molar-refractivity contribution in [3.05, 3.63) is 52.5 Å². The molecule has 1 aliphatic rings. The molecule has 1 N–H and O–H groups in total. The van der Waals surface area contributed by atoms with Crippen molar-refractivity contribution < 1.29 is 14.3 Å². The fraction of sp³-hybridized carbons (Fsp3) is 0.364. The third kappa shape index (κ3) is 4.47. The number of nitrogens with one attached hydrogen (secondary N) is 1. The fourth-order valence-electron chi connectivity index (χ4n) is 3.43. The SMILES string of the molecule is CCc1ccc(Cl)c(CC)c1NC(=O)COc1ccc(N2CCCC2=O)cc1. The first kappa shape index (κ1) is 20.2. The molecular weight excluding hydrogens is 376 g/mol. The normalized spacial score (nSPS) is 13.7. The van der Waals surface area contributed by atoms with Crippen LogP contribution in [0, 0.1) is 0 Å². The van der Waals surface area contributed by atoms with Gasteiger partial charge >= 0.3 is 0 Å². The van der Waals surface area contributed by atoms with Crippen LogP contribution in [0.4, 0.5) is 11.4 Å². The Morgan fingerprint density at radius 2 is 1.89 bits per heavy atom. The van der Waals surface area contributed by atoms with Crippen molar-refractivity contribution in [2.24, 2.45) is 0 Å². The molecule has 0 aliphatic carbocycles. The van der Waals surface area contributed by atoms with Gasteiger partial charge in [0, 0.05) is 29.4 Å². The van der Waals surface area contributed by atoms with E-state index in [-0.39, 0.29) is 18.4 Å². The minimum atomic E-state index is -0.231. The van der Waals surface area contributed by atoms with Gasteiger partial charge in [-0.25, -0.2) is 0 Å². The van der Waals surface area contributed by atoms with Crippen molar-refractivity contribution in [3.63, 3.8) is 0 Å². The van der Waals surface area contributed by atoms with Gasteiger partial charge in [0.2, 0.25) is 5.91 Å². The second-order valence-corrected chi connectivity index (χ2v) is 7.15. The van der Waals surface area contributed by atoms with Crippen molar-refractivity contribution in [2.75, 3.05) is 23.4 Å². The summed E-state index contributed by atoms with van der Waals surface area (Å²) in [6.45, 7) is 4.71. The van der Waals surface area contributed by atoms with E-state index in [2.05, 4.69) is 5.32 Å². The Morgan fingerprint density at radius 1 is 1.14 bits per heavy atom. The smallest absolute Gasteiger partial charge is 0.262 e. The van der Waals surface area contributed by atoms with Gasteiger partial charge in [-0.1, -0.05) is 31.5 Å². The third-order valence-electron chi connectivity index (χ3n) is 4.93. The van der Waals surface area contributed by atoms with Crippen LogP contribution in [0.15, 0.2) is 36.4 Å². The number of rotatable bonds is 7. The van der Waals surface area contributed by atoms with Gasteiger partial charge < -0.3 is 15.0 Å². The zero-order chi connectivity index (χ0) is 20.1. The summed E-state index contributed by atoms with van der Waals surface area (Å²) in [5, 5.41) is 3.61. The molecule has 1 saturated heterocycles. The topological polar surface area (TPSA) is 58.6 Å². The number of ether oxygens (including phenoxy) is 1. The average molecular weight is 401 g/mol. The molecule has 0 atom stereocenters. The first-order valence-corrected chi connectivity index (χ1v) is 10.0. The molecule has 2 amide bonds. The molecule has 1 fully saturated rings. The van der Waals surface area contributed by atoms with Gasteiger partial charge in [0.15, 0.2) is 6.61 Å². The van der Waals surface area contributed by atoms with Gasteiger partial charge in [-0.2, -0.15) is 0 Å². The van der Waals surface area contributed by atoms with E-state index in [1.807, 2.05) is 38.1 Å². The summed E-state index contributed by atoms with van der Waals surface area (Å²) in [6.07, 6.45) is 3.03. The summed E-state index contributed by atoms with van der Waals surface area (Å²) in [4.78, 5) is 26.0. The monoisotopic (exact) mass is 400 g/mol. The van der Waals surface area contributed by atoms with Crippen molar-refractivity contribution in [1.29, 1.82) is 0 Å². The predicted molar refractivity (Wildman–Crippen MR) is 112 cm³/mol. The minimum Gasteiger partial charge on any atom is -0.484 e. The Balaban J connectivity index is 1.62. The van der Waals surface area contributed by atoms with Gasteiger partial charge in [-0.15, -0.1) is 0 Å². The highest BCUT2D eigenvalue weighted by atomic mass is 35.5. The molecule has 0 bridgehead atoms. The molecule has 0 saturated carbocycles. The minimum absolute atomic E-state index is 0.0964. The zero-order valence-corrected chi connectivity index (χ0v) is 17.0. The molecule has 3 rings (SSSR count). The molecule has 5 nitrogen and oxygen atoms in total. The van der Waals surface area contributed by atoms with Crippen molar-refractivity contribution in [1.82, 2.24) is 0 Å². The lowest BCUT2D eigenvalue weighted by molar-refractivity contribution is -0.118. The quantitative estimate of drug-likeness (QED) is 0.738. The number of amides is 2. The Hall–Kier alpha value is -2.53. The van der Waals surface area contributed by atoms with E-state index in [9.17, 15) is 9.59 Å². The number of carbonyl (C=O) groups is 2. The Labute approximate surface area is 170 Å². The standard InChI is InChI=1S/C22H25ClN2O3/c1-3-15-7-12-19(23)18(4-2)22(15)24-20(26)14-28-17-10-8-16(9-11-17)25-13-5-6-21(25)27/h7-12H,3-6,13-14H2,1-2H3,(H,24,26). The number of hydrogen-bond donors (Lipinski definition) is 1. The molecular formula is C22H25ClN2O3. The van der Waals surface area contributed by atoms with E-state index in [1.54, 1.807) is 17.0 Å². The van der Waals surface area contributed by atoms with Crippen molar-refractivity contribution in [2.45, 2.75) is 39.5 Å². The summed E-state index contributed by atoms with van der Waals surface area (Å²) < 4.78 is 5.61. The van der Waals surface area contributed by atoms with E-state index in [1.165, 1.54) is 0 Å². The van der Waals surface area contributed by atoms with Gasteiger partial charge in [-0.3, -0.25) is 9.59 Å². The van der Waals surface area contributed by atoms with Crippen LogP contribution in [-0.2, 0) is 22.4 Å². The highest BCUT2D eigenvalue weighted by Crippen LogP contribution is 2.29. The molecule has 2 aromatic carbocycles. The molecule has 0 aromatic heterocycles. The first-order valence-electron chi connectivity index (χ1n) is 9.66.